The molecule has 36 valence electrons. The summed E-state index contributed by atoms with van der Waals surface area (Å²) >= 11 is 0. The molecule has 0 amide bonds. The molecule has 0 aliphatic heterocycles. The minimum Gasteiger partial charge on any atom is -0.398 e. The van der Waals surface area contributed by atoms with E-state index in [0.29, 0.717) is 0 Å². The van der Waals surface area contributed by atoms with E-state index in [4.69, 9.17) is 5.02 Å². The third-order valence-electron chi connectivity index (χ3n) is 0.152. The molecule has 0 aliphatic carbocycles. The van der Waals surface area contributed by atoms with Crippen molar-refractivity contribution in [1.82, 2.24) is 0 Å². The minimum atomic E-state index is -2.40. The van der Waals surface area contributed by atoms with E-state index in [1.54, 1.807) is 0 Å². The van der Waals surface area contributed by atoms with Crippen LogP contribution in [0, 0.1) is 0 Å². The Morgan fingerprint density at radius 1 is 1.33 bits per heavy atom. The van der Waals surface area contributed by atoms with Gasteiger partial charge in [-0.3, -0.25) is 0 Å². The third-order valence-corrected chi connectivity index (χ3v) is 0.152. The summed E-state index contributed by atoms with van der Waals surface area (Å²) in [6.45, 7) is 0. The van der Waals surface area contributed by atoms with Crippen molar-refractivity contribution >= 4 is 7.32 Å². The van der Waals surface area contributed by atoms with Gasteiger partial charge in [0.15, 0.2) is 0 Å². The Morgan fingerprint density at radius 3 is 1.67 bits per heavy atom. The molecule has 1 N–H and O–H groups in total. The van der Waals surface area contributed by atoms with Gasteiger partial charge >= 0.3 is 7.32 Å². The van der Waals surface area contributed by atoms with Crippen molar-refractivity contribution in [2.24, 2.45) is 0 Å². The maximum Gasteiger partial charge on any atom is 0.702 e. The smallest absolute Gasteiger partial charge is 0.398 e. The zero-order valence-electron chi connectivity index (χ0n) is 2.60. The average Bonchev–Trinajstić information content (AvgIpc) is 1.65. The van der Waals surface area contributed by atoms with E-state index in [9.17, 15) is 9.05 Å². The van der Waals surface area contributed by atoms with Crippen LogP contribution < -0.4 is 0 Å². The highest BCUT2D eigenvalue weighted by atomic mass is 19.3. The molecule has 0 rings (SSSR count). The standard InChI is InChI=1S/BF2HO3/c2-5-1(4)6-3/h4H. The van der Waals surface area contributed by atoms with Crippen LogP contribution in [0.15, 0.2) is 0 Å². The highest BCUT2D eigenvalue weighted by Crippen LogP contribution is 1.82. The molecule has 0 aromatic rings. The Labute approximate surface area is 32.5 Å². The highest BCUT2D eigenvalue weighted by Gasteiger charge is 2.15. The SMILES string of the molecule is OB(OF)OF. The van der Waals surface area contributed by atoms with Crippen molar-refractivity contribution in [3.8, 4) is 0 Å². The van der Waals surface area contributed by atoms with Crippen LogP contribution in [-0.4, -0.2) is 12.3 Å². The summed E-state index contributed by atoms with van der Waals surface area (Å²) in [7, 11) is -2.40. The molecule has 0 saturated carbocycles. The lowest BCUT2D eigenvalue weighted by Gasteiger charge is -1.83. The van der Waals surface area contributed by atoms with E-state index in [0.717, 1.165) is 0 Å². The second-order valence-corrected chi connectivity index (χ2v) is 0.485. The van der Waals surface area contributed by atoms with E-state index in [1.807, 2.05) is 0 Å². The third kappa shape index (κ3) is 2.07. The summed E-state index contributed by atoms with van der Waals surface area (Å²) in [5, 5.41) is 7.47. The lowest BCUT2D eigenvalue weighted by Crippen LogP contribution is -2.13. The molecular weight excluding hydrogens is 96.8 g/mol. The highest BCUT2D eigenvalue weighted by molar-refractivity contribution is 6.33. The van der Waals surface area contributed by atoms with Gasteiger partial charge in [0.25, 0.3) is 0 Å². The molecular formula is HBF2O3. The van der Waals surface area contributed by atoms with E-state index in [-0.39, 0.29) is 0 Å². The number of hydrogen-bond acceptors (Lipinski definition) is 3. The molecule has 6 heavy (non-hydrogen) atoms. The lowest BCUT2D eigenvalue weighted by molar-refractivity contribution is -0.133. The van der Waals surface area contributed by atoms with Crippen molar-refractivity contribution in [3.05, 3.63) is 0 Å². The number of halogens is 2. The molecule has 0 aliphatic rings. The Balaban J connectivity index is 2.75. The fraction of sp³-hybridized carbons (Fsp3) is 0. The van der Waals surface area contributed by atoms with Crippen LogP contribution in [0.25, 0.3) is 0 Å². The molecule has 0 fully saturated rings. The van der Waals surface area contributed by atoms with Crippen molar-refractivity contribution in [1.29, 1.82) is 0 Å². The topological polar surface area (TPSA) is 38.7 Å². The number of hydrogen-bond donors (Lipinski definition) is 1. The summed E-state index contributed by atoms with van der Waals surface area (Å²) in [6.07, 6.45) is 0. The monoisotopic (exact) mass is 98.0 g/mol. The lowest BCUT2D eigenvalue weighted by atomic mass is 10.3. The average molecular weight is 97.8 g/mol. The van der Waals surface area contributed by atoms with E-state index >= 15 is 0 Å². The van der Waals surface area contributed by atoms with Crippen LogP contribution in [-0.2, 0) is 9.72 Å². The van der Waals surface area contributed by atoms with E-state index in [2.05, 4.69) is 9.72 Å². The molecule has 3 nitrogen and oxygen atoms in total. The van der Waals surface area contributed by atoms with Gasteiger partial charge in [-0.15, -0.1) is 0 Å². The van der Waals surface area contributed by atoms with Gasteiger partial charge in [-0.2, -0.15) is 9.72 Å². The van der Waals surface area contributed by atoms with Crippen molar-refractivity contribution < 1.29 is 23.8 Å². The normalized spacial score (nSPS) is 8.50. The summed E-state index contributed by atoms with van der Waals surface area (Å²) in [6, 6.07) is 0. The van der Waals surface area contributed by atoms with Crippen molar-refractivity contribution in [3.63, 3.8) is 0 Å². The van der Waals surface area contributed by atoms with Gasteiger partial charge in [-0.05, 0) is 0 Å². The van der Waals surface area contributed by atoms with Gasteiger partial charge in [0.05, 0.1) is 0 Å². The second-order valence-electron chi connectivity index (χ2n) is 0.485. The van der Waals surface area contributed by atoms with Gasteiger partial charge in [0.2, 0.25) is 0 Å². The molecule has 0 spiro atoms. The molecule has 0 unspecified atom stereocenters. The molecule has 6 heteroatoms. The fourth-order valence-corrected chi connectivity index (χ4v) is 0.0137. The molecule has 0 heterocycles. The largest absolute Gasteiger partial charge is 0.702 e. The van der Waals surface area contributed by atoms with Gasteiger partial charge in [-0.1, -0.05) is 9.05 Å². The molecule has 0 radical (unpaired) electrons. The molecule has 0 aromatic carbocycles. The zero-order chi connectivity index (χ0) is 4.99. The molecule has 0 bridgehead atoms. The van der Waals surface area contributed by atoms with Gasteiger partial charge in [0.1, 0.15) is 0 Å². The first-order chi connectivity index (χ1) is 2.81. The van der Waals surface area contributed by atoms with Crippen LogP contribution in [0.1, 0.15) is 0 Å². The minimum absolute atomic E-state index is 2.36. The first-order valence-electron chi connectivity index (χ1n) is 1.04. The van der Waals surface area contributed by atoms with Gasteiger partial charge in [-0.25, -0.2) is 0 Å². The quantitative estimate of drug-likeness (QED) is 0.484. The summed E-state index contributed by atoms with van der Waals surface area (Å²) in [5.74, 6) is 0. The fourth-order valence-electron chi connectivity index (χ4n) is 0.0137. The van der Waals surface area contributed by atoms with Crippen LogP contribution in [0.4, 0.5) is 9.05 Å². The summed E-state index contributed by atoms with van der Waals surface area (Å²) in [4.78, 5) is 4.72. The Hall–Kier alpha value is -0.195. The molecule has 0 saturated heterocycles. The predicted octanol–water partition coefficient (Wildman–Crippen LogP) is -0.234. The van der Waals surface area contributed by atoms with Crippen LogP contribution in [0.5, 0.6) is 0 Å². The van der Waals surface area contributed by atoms with Gasteiger partial charge < -0.3 is 5.02 Å². The molecule has 0 aromatic heterocycles. The van der Waals surface area contributed by atoms with E-state index in [1.165, 1.54) is 0 Å². The Bertz CT molecular complexity index is 28.0. The summed E-state index contributed by atoms with van der Waals surface area (Å²) < 4.78 is 20.5. The first-order valence-corrected chi connectivity index (χ1v) is 1.04. The molecule has 0 atom stereocenters. The maximum absolute atomic E-state index is 10.3. The van der Waals surface area contributed by atoms with Crippen LogP contribution in [0.3, 0.4) is 0 Å². The van der Waals surface area contributed by atoms with Crippen molar-refractivity contribution in [2.45, 2.75) is 0 Å². The van der Waals surface area contributed by atoms with Crippen LogP contribution >= 0.6 is 0 Å². The first kappa shape index (κ1) is 5.80. The van der Waals surface area contributed by atoms with E-state index < -0.39 is 7.32 Å². The predicted molar refractivity (Wildman–Crippen MR) is 12.4 cm³/mol. The Kier molecular flexibility index (Phi) is 2.92. The second kappa shape index (κ2) is 3.01. The van der Waals surface area contributed by atoms with Gasteiger partial charge in [0, 0.05) is 0 Å². The zero-order valence-corrected chi connectivity index (χ0v) is 2.60. The van der Waals surface area contributed by atoms with Crippen LogP contribution in [0.2, 0.25) is 0 Å². The summed E-state index contributed by atoms with van der Waals surface area (Å²) in [5.41, 5.74) is 0. The van der Waals surface area contributed by atoms with Crippen molar-refractivity contribution in [2.75, 3.05) is 0 Å². The maximum atomic E-state index is 10.3. The number of rotatable bonds is 2. The Morgan fingerprint density at radius 2 is 1.67 bits per heavy atom.